The van der Waals surface area contributed by atoms with Crippen molar-refractivity contribution in [2.75, 3.05) is 25.1 Å². The molecule has 2 aliphatic heterocycles. The molecule has 2 aliphatic rings. The summed E-state index contributed by atoms with van der Waals surface area (Å²) in [7, 11) is 0. The molecule has 0 unspecified atom stereocenters. The molecule has 27 heavy (non-hydrogen) atoms. The van der Waals surface area contributed by atoms with Gasteiger partial charge in [-0.05, 0) is 18.2 Å². The normalized spacial score (nSPS) is 14.4. The van der Waals surface area contributed by atoms with Gasteiger partial charge in [0.25, 0.3) is 11.8 Å². The summed E-state index contributed by atoms with van der Waals surface area (Å²) >= 11 is 0. The van der Waals surface area contributed by atoms with E-state index in [0.717, 1.165) is 17.0 Å². The fourth-order valence-electron chi connectivity index (χ4n) is 3.18. The number of aromatic nitrogens is 3. The number of benzene rings is 1. The van der Waals surface area contributed by atoms with Crippen molar-refractivity contribution in [3.63, 3.8) is 0 Å². The third-order valence-corrected chi connectivity index (χ3v) is 4.48. The molecule has 0 spiro atoms. The van der Waals surface area contributed by atoms with Crippen LogP contribution in [-0.4, -0.2) is 40.3 Å². The van der Waals surface area contributed by atoms with Gasteiger partial charge in [-0.3, -0.25) is 4.79 Å². The van der Waals surface area contributed by atoms with Crippen LogP contribution in [0.5, 0.6) is 17.4 Å². The lowest BCUT2D eigenvalue weighted by Crippen LogP contribution is -2.17. The summed E-state index contributed by atoms with van der Waals surface area (Å²) in [5, 5.41) is 2.85. The first-order valence-corrected chi connectivity index (χ1v) is 8.62. The lowest BCUT2D eigenvalue weighted by atomic mass is 10.1. The molecule has 0 bridgehead atoms. The Morgan fingerprint density at radius 1 is 1.04 bits per heavy atom. The van der Waals surface area contributed by atoms with Crippen LogP contribution in [0.1, 0.15) is 10.4 Å². The lowest BCUT2D eigenvalue weighted by molar-refractivity contribution is 0.102. The smallest absolute Gasteiger partial charge is 0.257 e. The number of hydrogen-bond acceptors (Lipinski definition) is 6. The van der Waals surface area contributed by atoms with Gasteiger partial charge in [-0.15, -0.1) is 0 Å². The van der Waals surface area contributed by atoms with E-state index in [1.165, 1.54) is 0 Å². The maximum atomic E-state index is 12.7. The monoisotopic (exact) mass is 364 g/mol. The van der Waals surface area contributed by atoms with Crippen LogP contribution >= 0.6 is 0 Å². The maximum absolute atomic E-state index is 12.7. The zero-order valence-electron chi connectivity index (χ0n) is 14.3. The molecular formula is C19H16N4O4. The molecule has 0 aliphatic carbocycles. The van der Waals surface area contributed by atoms with Crippen molar-refractivity contribution in [1.29, 1.82) is 0 Å². The third-order valence-electron chi connectivity index (χ3n) is 4.48. The number of fused-ring (bicyclic) bond motifs is 4. The molecule has 0 radical (unpaired) electrons. The molecule has 1 aromatic carbocycles. The predicted octanol–water partition coefficient (Wildman–Crippen LogP) is 2.36. The second-order valence-electron chi connectivity index (χ2n) is 6.21. The van der Waals surface area contributed by atoms with Gasteiger partial charge < -0.3 is 24.1 Å². The Labute approximate surface area is 154 Å². The topological polar surface area (TPSA) is 87.5 Å². The minimum Gasteiger partial charge on any atom is -0.491 e. The first kappa shape index (κ1) is 15.7. The summed E-state index contributed by atoms with van der Waals surface area (Å²) in [6.07, 6.45) is 5.09. The standard InChI is InChI=1S/C19H16N4O4/c24-18(22-13-8-17-19(21-9-13)27-6-5-26-17)12-1-2-16-14(7-12)15-10-20-11-23(15)3-4-25-16/h1-2,7-11H,3-6H2,(H,22,24). The lowest BCUT2D eigenvalue weighted by Gasteiger charge is -2.17. The Morgan fingerprint density at radius 3 is 2.89 bits per heavy atom. The van der Waals surface area contributed by atoms with E-state index >= 15 is 0 Å². The number of nitrogens with zero attached hydrogens (tertiary/aromatic N) is 3. The van der Waals surface area contributed by atoms with Gasteiger partial charge in [-0.1, -0.05) is 0 Å². The first-order chi connectivity index (χ1) is 13.3. The summed E-state index contributed by atoms with van der Waals surface area (Å²) in [6, 6.07) is 7.08. The van der Waals surface area contributed by atoms with Gasteiger partial charge >= 0.3 is 0 Å². The van der Waals surface area contributed by atoms with Crippen molar-refractivity contribution >= 4 is 11.6 Å². The second-order valence-corrected chi connectivity index (χ2v) is 6.21. The third kappa shape index (κ3) is 2.84. The number of amides is 1. The molecule has 0 saturated carbocycles. The Morgan fingerprint density at radius 2 is 1.93 bits per heavy atom. The molecule has 1 amide bonds. The maximum Gasteiger partial charge on any atom is 0.257 e. The fourth-order valence-corrected chi connectivity index (χ4v) is 3.18. The summed E-state index contributed by atoms with van der Waals surface area (Å²) in [6.45, 7) is 2.21. The van der Waals surface area contributed by atoms with Gasteiger partial charge in [-0.25, -0.2) is 9.97 Å². The van der Waals surface area contributed by atoms with Gasteiger partial charge in [-0.2, -0.15) is 0 Å². The van der Waals surface area contributed by atoms with Crippen LogP contribution in [0.15, 0.2) is 43.0 Å². The van der Waals surface area contributed by atoms with Crippen molar-refractivity contribution in [3.8, 4) is 28.6 Å². The number of nitrogens with one attached hydrogen (secondary N) is 1. The van der Waals surface area contributed by atoms with Crippen LogP contribution in [0.4, 0.5) is 5.69 Å². The number of pyridine rings is 1. The molecule has 0 atom stereocenters. The summed E-state index contributed by atoms with van der Waals surface area (Å²) < 4.78 is 18.7. The average Bonchev–Trinajstić information content (AvgIpc) is 3.09. The molecule has 8 heteroatoms. The first-order valence-electron chi connectivity index (χ1n) is 8.62. The van der Waals surface area contributed by atoms with Crippen molar-refractivity contribution in [2.45, 2.75) is 6.54 Å². The van der Waals surface area contributed by atoms with Crippen LogP contribution in [-0.2, 0) is 6.54 Å². The van der Waals surface area contributed by atoms with E-state index in [-0.39, 0.29) is 5.91 Å². The van der Waals surface area contributed by atoms with Gasteiger partial charge in [0.1, 0.15) is 25.6 Å². The van der Waals surface area contributed by atoms with Gasteiger partial charge in [0.2, 0.25) is 0 Å². The molecule has 0 saturated heterocycles. The van der Waals surface area contributed by atoms with Crippen LogP contribution < -0.4 is 19.5 Å². The minimum atomic E-state index is -0.244. The molecule has 136 valence electrons. The van der Waals surface area contributed by atoms with Crippen LogP contribution in [0.2, 0.25) is 0 Å². The highest BCUT2D eigenvalue weighted by Crippen LogP contribution is 2.34. The van der Waals surface area contributed by atoms with E-state index in [9.17, 15) is 4.79 Å². The van der Waals surface area contributed by atoms with Crippen LogP contribution in [0, 0.1) is 0 Å². The number of carbonyl (C=O) groups excluding carboxylic acids is 1. The fraction of sp³-hybridized carbons (Fsp3) is 0.211. The second kappa shape index (κ2) is 6.31. The number of rotatable bonds is 2. The largest absolute Gasteiger partial charge is 0.491 e. The Bertz CT molecular complexity index is 1030. The van der Waals surface area contributed by atoms with E-state index < -0.39 is 0 Å². The van der Waals surface area contributed by atoms with Crippen molar-refractivity contribution in [2.24, 2.45) is 0 Å². The van der Waals surface area contributed by atoms with E-state index in [1.807, 2.05) is 16.7 Å². The highest BCUT2D eigenvalue weighted by molar-refractivity contribution is 6.05. The van der Waals surface area contributed by atoms with Crippen molar-refractivity contribution in [1.82, 2.24) is 14.5 Å². The van der Waals surface area contributed by atoms with Gasteiger partial charge in [0, 0.05) is 17.2 Å². The van der Waals surface area contributed by atoms with Gasteiger partial charge in [0.05, 0.1) is 36.6 Å². The van der Waals surface area contributed by atoms with Crippen molar-refractivity contribution in [3.05, 3.63) is 48.5 Å². The zero-order chi connectivity index (χ0) is 18.2. The molecule has 5 rings (SSSR count). The summed E-state index contributed by atoms with van der Waals surface area (Å²) in [4.78, 5) is 21.1. The molecule has 8 nitrogen and oxygen atoms in total. The van der Waals surface area contributed by atoms with Crippen LogP contribution in [0.3, 0.4) is 0 Å². The van der Waals surface area contributed by atoms with E-state index in [2.05, 4.69) is 15.3 Å². The summed E-state index contributed by atoms with van der Waals surface area (Å²) in [5.41, 5.74) is 2.83. The molecule has 4 heterocycles. The highest BCUT2D eigenvalue weighted by Gasteiger charge is 2.19. The zero-order valence-corrected chi connectivity index (χ0v) is 14.3. The molecule has 1 N–H and O–H groups in total. The number of anilines is 1. The minimum absolute atomic E-state index is 0.244. The Hall–Kier alpha value is -3.55. The number of hydrogen-bond donors (Lipinski definition) is 1. The number of ether oxygens (including phenoxy) is 3. The molecule has 2 aromatic heterocycles. The molecular weight excluding hydrogens is 348 g/mol. The van der Waals surface area contributed by atoms with Crippen molar-refractivity contribution < 1.29 is 19.0 Å². The SMILES string of the molecule is O=C(Nc1cnc2c(c1)OCCO2)c1ccc2c(c1)-c1cncn1CCO2. The quantitative estimate of drug-likeness (QED) is 0.751. The average molecular weight is 364 g/mol. The number of carbonyl (C=O) groups is 1. The Kier molecular flexibility index (Phi) is 3.67. The Balaban J connectivity index is 1.44. The number of imidazole rings is 1. The van der Waals surface area contributed by atoms with E-state index in [4.69, 9.17) is 14.2 Å². The highest BCUT2D eigenvalue weighted by atomic mass is 16.6. The van der Waals surface area contributed by atoms with Crippen LogP contribution in [0.25, 0.3) is 11.3 Å². The predicted molar refractivity (Wildman–Crippen MR) is 96.3 cm³/mol. The van der Waals surface area contributed by atoms with E-state index in [0.29, 0.717) is 49.2 Å². The van der Waals surface area contributed by atoms with Gasteiger partial charge in [0.15, 0.2) is 5.75 Å². The van der Waals surface area contributed by atoms with E-state index in [1.54, 1.807) is 30.9 Å². The molecule has 0 fully saturated rings. The summed E-state index contributed by atoms with van der Waals surface area (Å²) in [5.74, 6) is 1.46. The molecule has 3 aromatic rings.